The van der Waals surface area contributed by atoms with Crippen molar-refractivity contribution in [1.29, 1.82) is 0 Å². The first-order valence-corrected chi connectivity index (χ1v) is 13.0. The standard InChI is InChI=1S/C28H31F2N7O2/c1-3-35(18-20-9-5-4-6-10-20)27(38)19(2)31-23-17-24(34-28(33-23)36-13-15-39-16-14-36)37-22-12-8-7-11-21(22)32-26(37)25(29)30/h4-12,17,19,25H,3,13-16,18H2,1-2H3,(H,31,33,34)/t19-/m0/s1. The highest BCUT2D eigenvalue weighted by Gasteiger charge is 2.25. The van der Waals surface area contributed by atoms with E-state index in [-0.39, 0.29) is 11.7 Å². The molecule has 1 N–H and O–H groups in total. The lowest BCUT2D eigenvalue weighted by Gasteiger charge is -2.28. The van der Waals surface area contributed by atoms with Crippen LogP contribution in [0.2, 0.25) is 0 Å². The van der Waals surface area contributed by atoms with Crippen LogP contribution >= 0.6 is 0 Å². The highest BCUT2D eigenvalue weighted by molar-refractivity contribution is 5.84. The predicted molar refractivity (Wildman–Crippen MR) is 145 cm³/mol. The van der Waals surface area contributed by atoms with Crippen LogP contribution in [0.1, 0.15) is 31.7 Å². The molecule has 4 aromatic rings. The number of imidazole rings is 1. The summed E-state index contributed by atoms with van der Waals surface area (Å²) in [5, 5.41) is 3.20. The topological polar surface area (TPSA) is 88.4 Å². The number of ether oxygens (including phenoxy) is 1. The van der Waals surface area contributed by atoms with Crippen molar-refractivity contribution in [3.8, 4) is 5.82 Å². The molecule has 2 aromatic carbocycles. The van der Waals surface area contributed by atoms with Crippen molar-refractivity contribution < 1.29 is 18.3 Å². The first kappa shape index (κ1) is 26.5. The molecule has 0 aliphatic carbocycles. The molecule has 0 unspecified atom stereocenters. The van der Waals surface area contributed by atoms with Crippen molar-refractivity contribution in [2.75, 3.05) is 43.1 Å². The summed E-state index contributed by atoms with van der Waals surface area (Å²) in [7, 11) is 0. The molecule has 1 aliphatic rings. The van der Waals surface area contributed by atoms with Crippen molar-refractivity contribution in [3.63, 3.8) is 0 Å². The molecular weight excluding hydrogens is 504 g/mol. The summed E-state index contributed by atoms with van der Waals surface area (Å²) in [5.41, 5.74) is 1.98. The second-order valence-electron chi connectivity index (χ2n) is 9.31. The lowest BCUT2D eigenvalue weighted by atomic mass is 10.2. The Morgan fingerprint density at radius 2 is 1.77 bits per heavy atom. The zero-order chi connectivity index (χ0) is 27.4. The molecule has 5 rings (SSSR count). The molecule has 1 aliphatic heterocycles. The summed E-state index contributed by atoms with van der Waals surface area (Å²) in [6, 6.07) is 17.7. The van der Waals surface area contributed by atoms with Gasteiger partial charge in [-0.05, 0) is 31.5 Å². The predicted octanol–water partition coefficient (Wildman–Crippen LogP) is 4.44. The van der Waals surface area contributed by atoms with Crippen LogP contribution in [0.25, 0.3) is 16.9 Å². The molecule has 204 valence electrons. The van der Waals surface area contributed by atoms with Gasteiger partial charge in [-0.15, -0.1) is 0 Å². The molecule has 39 heavy (non-hydrogen) atoms. The number of alkyl halides is 2. The van der Waals surface area contributed by atoms with E-state index in [2.05, 4.69) is 20.3 Å². The second-order valence-corrected chi connectivity index (χ2v) is 9.31. The lowest BCUT2D eigenvalue weighted by molar-refractivity contribution is -0.132. The number of amides is 1. The SMILES string of the molecule is CCN(Cc1ccccc1)C(=O)[C@H](C)Nc1cc(-n2c(C(F)F)nc3ccccc32)nc(N2CCOCC2)n1. The quantitative estimate of drug-likeness (QED) is 0.339. The Bertz CT molecular complexity index is 1420. The minimum absolute atomic E-state index is 0.101. The maximum atomic E-state index is 14.1. The number of carbonyl (C=O) groups is 1. The van der Waals surface area contributed by atoms with Gasteiger partial charge in [-0.25, -0.2) is 13.8 Å². The summed E-state index contributed by atoms with van der Waals surface area (Å²) in [4.78, 5) is 30.6. The van der Waals surface area contributed by atoms with Crippen LogP contribution in [-0.4, -0.2) is 69.2 Å². The number of hydrogen-bond donors (Lipinski definition) is 1. The summed E-state index contributed by atoms with van der Waals surface area (Å²) < 4.78 is 35.0. The Kier molecular flexibility index (Phi) is 7.97. The van der Waals surface area contributed by atoms with E-state index in [0.29, 0.717) is 62.2 Å². The van der Waals surface area contributed by atoms with E-state index in [1.54, 1.807) is 42.2 Å². The molecule has 11 heteroatoms. The highest BCUT2D eigenvalue weighted by Crippen LogP contribution is 2.29. The van der Waals surface area contributed by atoms with Gasteiger partial charge in [0, 0.05) is 32.2 Å². The van der Waals surface area contributed by atoms with E-state index < -0.39 is 18.3 Å². The Morgan fingerprint density at radius 3 is 2.49 bits per heavy atom. The molecule has 0 radical (unpaired) electrons. The zero-order valence-corrected chi connectivity index (χ0v) is 21.9. The minimum atomic E-state index is -2.81. The number of halogens is 2. The summed E-state index contributed by atoms with van der Waals surface area (Å²) >= 11 is 0. The van der Waals surface area contributed by atoms with Crippen LogP contribution in [0.5, 0.6) is 0 Å². The number of nitrogens with zero attached hydrogens (tertiary/aromatic N) is 6. The number of likely N-dealkylation sites (N-methyl/N-ethyl adjacent to an activating group) is 1. The third-order valence-corrected chi connectivity index (χ3v) is 6.65. The number of para-hydroxylation sites is 2. The van der Waals surface area contributed by atoms with E-state index in [1.807, 2.05) is 42.2 Å². The van der Waals surface area contributed by atoms with Gasteiger partial charge in [-0.3, -0.25) is 9.36 Å². The number of carbonyl (C=O) groups excluding carboxylic acids is 1. The first-order valence-electron chi connectivity index (χ1n) is 13.0. The maximum Gasteiger partial charge on any atom is 0.296 e. The molecule has 1 amide bonds. The molecular formula is C28H31F2N7O2. The van der Waals surface area contributed by atoms with Crippen molar-refractivity contribution in [2.45, 2.75) is 32.9 Å². The molecule has 1 saturated heterocycles. The molecule has 1 atom stereocenters. The number of nitrogens with one attached hydrogen (secondary N) is 1. The number of hydrogen-bond acceptors (Lipinski definition) is 7. The molecule has 0 spiro atoms. The number of fused-ring (bicyclic) bond motifs is 1. The Balaban J connectivity index is 1.50. The van der Waals surface area contributed by atoms with Crippen LogP contribution in [0, 0.1) is 0 Å². The molecule has 1 fully saturated rings. The zero-order valence-electron chi connectivity index (χ0n) is 21.9. The number of rotatable bonds is 9. The summed E-state index contributed by atoms with van der Waals surface area (Å²) in [5.74, 6) is 0.465. The third-order valence-electron chi connectivity index (χ3n) is 6.65. The van der Waals surface area contributed by atoms with Gasteiger partial charge in [-0.2, -0.15) is 9.97 Å². The van der Waals surface area contributed by atoms with Crippen LogP contribution in [0.3, 0.4) is 0 Å². The average Bonchev–Trinajstić information content (AvgIpc) is 3.36. The van der Waals surface area contributed by atoms with Crippen LogP contribution in [0.15, 0.2) is 60.7 Å². The third kappa shape index (κ3) is 5.83. The van der Waals surface area contributed by atoms with Gasteiger partial charge in [0.05, 0.1) is 24.2 Å². The van der Waals surface area contributed by atoms with Crippen molar-refractivity contribution in [1.82, 2.24) is 24.4 Å². The maximum absolute atomic E-state index is 14.1. The highest BCUT2D eigenvalue weighted by atomic mass is 19.3. The number of aromatic nitrogens is 4. The fourth-order valence-electron chi connectivity index (χ4n) is 4.65. The first-order chi connectivity index (χ1) is 18.9. The van der Waals surface area contributed by atoms with E-state index in [0.717, 1.165) is 5.56 Å². The molecule has 3 heterocycles. The molecule has 0 bridgehead atoms. The monoisotopic (exact) mass is 535 g/mol. The van der Waals surface area contributed by atoms with Crippen LogP contribution < -0.4 is 10.2 Å². The molecule has 2 aromatic heterocycles. The average molecular weight is 536 g/mol. The van der Waals surface area contributed by atoms with Gasteiger partial charge in [0.15, 0.2) is 5.82 Å². The fourth-order valence-corrected chi connectivity index (χ4v) is 4.65. The normalized spacial score (nSPS) is 14.5. The van der Waals surface area contributed by atoms with Gasteiger partial charge in [-0.1, -0.05) is 42.5 Å². The summed E-state index contributed by atoms with van der Waals surface area (Å²) in [6.07, 6.45) is -2.81. The molecule has 9 nitrogen and oxygen atoms in total. The van der Waals surface area contributed by atoms with Gasteiger partial charge in [0.25, 0.3) is 6.43 Å². The van der Waals surface area contributed by atoms with Crippen molar-refractivity contribution >= 4 is 28.7 Å². The number of morpholine rings is 1. The smallest absolute Gasteiger partial charge is 0.296 e. The minimum Gasteiger partial charge on any atom is -0.378 e. The lowest BCUT2D eigenvalue weighted by Crippen LogP contribution is -2.41. The van der Waals surface area contributed by atoms with Crippen LogP contribution in [0.4, 0.5) is 20.5 Å². The second kappa shape index (κ2) is 11.7. The Hall–Kier alpha value is -4.12. The van der Waals surface area contributed by atoms with E-state index >= 15 is 0 Å². The van der Waals surface area contributed by atoms with Gasteiger partial charge >= 0.3 is 0 Å². The number of anilines is 2. The Morgan fingerprint density at radius 1 is 1.05 bits per heavy atom. The van der Waals surface area contributed by atoms with E-state index in [4.69, 9.17) is 4.74 Å². The van der Waals surface area contributed by atoms with Gasteiger partial charge in [0.1, 0.15) is 17.7 Å². The molecule has 0 saturated carbocycles. The largest absolute Gasteiger partial charge is 0.378 e. The Labute approximate surface area is 225 Å². The van der Waals surface area contributed by atoms with E-state index in [9.17, 15) is 13.6 Å². The number of benzene rings is 2. The van der Waals surface area contributed by atoms with Crippen molar-refractivity contribution in [2.24, 2.45) is 0 Å². The summed E-state index contributed by atoms with van der Waals surface area (Å²) in [6.45, 7) is 6.85. The van der Waals surface area contributed by atoms with Gasteiger partial charge in [0.2, 0.25) is 11.9 Å². The van der Waals surface area contributed by atoms with Gasteiger partial charge < -0.3 is 19.9 Å². The fraction of sp³-hybridized carbons (Fsp3) is 0.357. The van der Waals surface area contributed by atoms with E-state index in [1.165, 1.54) is 4.57 Å². The van der Waals surface area contributed by atoms with Crippen molar-refractivity contribution in [3.05, 3.63) is 72.1 Å². The van der Waals surface area contributed by atoms with Crippen LogP contribution in [-0.2, 0) is 16.1 Å².